The van der Waals surface area contributed by atoms with E-state index in [0.717, 1.165) is 12.6 Å². The number of nitrogens with one attached hydrogen (secondary N) is 1. The summed E-state index contributed by atoms with van der Waals surface area (Å²) in [4.78, 5) is 17.9. The van der Waals surface area contributed by atoms with E-state index >= 15 is 0 Å². The number of carbonyl (C=O) groups excluding carboxylic acids is 1. The fraction of sp³-hybridized carbons (Fsp3) is 0.500. The molecule has 0 aromatic carbocycles. The Bertz CT molecular complexity index is 386. The highest BCUT2D eigenvalue weighted by Crippen LogP contribution is 2.24. The number of carbonyl (C=O) groups is 1. The Morgan fingerprint density at radius 3 is 2.94 bits per heavy atom. The Morgan fingerprint density at radius 2 is 2.35 bits per heavy atom. The number of hydrogen-bond acceptors (Lipinski definition) is 4. The molecule has 0 bridgehead atoms. The van der Waals surface area contributed by atoms with Crippen molar-refractivity contribution in [3.05, 3.63) is 23.9 Å². The zero-order chi connectivity index (χ0) is 12.3. The van der Waals surface area contributed by atoms with Crippen LogP contribution < -0.4 is 11.1 Å². The van der Waals surface area contributed by atoms with E-state index in [9.17, 15) is 4.79 Å². The Labute approximate surface area is 101 Å². The van der Waals surface area contributed by atoms with Gasteiger partial charge in [-0.15, -0.1) is 0 Å². The molecule has 5 nitrogen and oxygen atoms in total. The Morgan fingerprint density at radius 1 is 1.59 bits per heavy atom. The third-order valence-electron chi connectivity index (χ3n) is 2.97. The van der Waals surface area contributed by atoms with Crippen molar-refractivity contribution in [1.82, 2.24) is 15.2 Å². The molecule has 2 rings (SSSR count). The lowest BCUT2D eigenvalue weighted by Crippen LogP contribution is -2.34. The van der Waals surface area contributed by atoms with E-state index in [1.807, 2.05) is 0 Å². The van der Waals surface area contributed by atoms with Gasteiger partial charge in [0.05, 0.1) is 5.56 Å². The molecule has 0 unspecified atom stereocenters. The van der Waals surface area contributed by atoms with E-state index in [4.69, 9.17) is 5.73 Å². The zero-order valence-electron chi connectivity index (χ0n) is 10.0. The van der Waals surface area contributed by atoms with Gasteiger partial charge in [-0.05, 0) is 32.0 Å². The third-order valence-corrected chi connectivity index (χ3v) is 2.97. The number of anilines is 1. The molecule has 3 N–H and O–H groups in total. The summed E-state index contributed by atoms with van der Waals surface area (Å²) in [5.74, 6) is 0.330. The predicted molar refractivity (Wildman–Crippen MR) is 66.6 cm³/mol. The number of aromatic nitrogens is 1. The maximum atomic E-state index is 11.7. The second-order valence-electron chi connectivity index (χ2n) is 4.44. The van der Waals surface area contributed by atoms with E-state index in [2.05, 4.69) is 22.2 Å². The molecule has 1 fully saturated rings. The number of likely N-dealkylation sites (N-methyl/N-ethyl adjacent to an activating group) is 1. The highest BCUT2D eigenvalue weighted by molar-refractivity contribution is 5.93. The standard InChI is InChI=1S/C12H18N4O/c1-16(10-3-4-10)7-6-14-12(17)9-2-5-11(13)15-8-9/h2,5,8,10H,3-4,6-7H2,1H3,(H2,13,15)(H,14,17). The van der Waals surface area contributed by atoms with Crippen LogP contribution in [0.25, 0.3) is 0 Å². The lowest BCUT2D eigenvalue weighted by Gasteiger charge is -2.15. The molecule has 5 heteroatoms. The summed E-state index contributed by atoms with van der Waals surface area (Å²) >= 11 is 0. The normalized spacial score (nSPS) is 14.9. The molecule has 1 aromatic rings. The summed E-state index contributed by atoms with van der Waals surface area (Å²) < 4.78 is 0. The number of nitrogen functional groups attached to an aromatic ring is 1. The van der Waals surface area contributed by atoms with Crippen molar-refractivity contribution < 1.29 is 4.79 Å². The van der Waals surface area contributed by atoms with Gasteiger partial charge in [0.2, 0.25) is 0 Å². The fourth-order valence-electron chi connectivity index (χ4n) is 1.69. The van der Waals surface area contributed by atoms with Crippen LogP contribution in [0.2, 0.25) is 0 Å². The zero-order valence-corrected chi connectivity index (χ0v) is 10.0. The molecule has 1 aliphatic carbocycles. The summed E-state index contributed by atoms with van der Waals surface area (Å²) in [6, 6.07) is 4.04. The minimum Gasteiger partial charge on any atom is -0.384 e. The highest BCUT2D eigenvalue weighted by atomic mass is 16.1. The fourth-order valence-corrected chi connectivity index (χ4v) is 1.69. The first-order valence-electron chi connectivity index (χ1n) is 5.87. The number of nitrogens with zero attached hydrogens (tertiary/aromatic N) is 2. The van der Waals surface area contributed by atoms with E-state index in [0.29, 0.717) is 17.9 Å². The SMILES string of the molecule is CN(CCNC(=O)c1ccc(N)nc1)C1CC1. The predicted octanol–water partition coefficient (Wildman–Crippen LogP) is 0.488. The Balaban J connectivity index is 1.74. The van der Waals surface area contributed by atoms with Gasteiger partial charge in [-0.25, -0.2) is 4.98 Å². The molecule has 17 heavy (non-hydrogen) atoms. The van der Waals surface area contributed by atoms with Crippen molar-refractivity contribution in [1.29, 1.82) is 0 Å². The molecule has 0 atom stereocenters. The van der Waals surface area contributed by atoms with Crippen molar-refractivity contribution in [2.75, 3.05) is 25.9 Å². The first-order chi connectivity index (χ1) is 8.16. The van der Waals surface area contributed by atoms with E-state index in [1.165, 1.54) is 19.0 Å². The lowest BCUT2D eigenvalue weighted by molar-refractivity contribution is 0.0949. The van der Waals surface area contributed by atoms with Gasteiger partial charge in [-0.1, -0.05) is 0 Å². The number of pyridine rings is 1. The van der Waals surface area contributed by atoms with E-state index in [-0.39, 0.29) is 5.91 Å². The largest absolute Gasteiger partial charge is 0.384 e. The van der Waals surface area contributed by atoms with Crippen molar-refractivity contribution in [3.63, 3.8) is 0 Å². The molecule has 1 amide bonds. The Hall–Kier alpha value is -1.62. The quantitative estimate of drug-likeness (QED) is 0.777. The summed E-state index contributed by atoms with van der Waals surface area (Å²) in [7, 11) is 2.09. The number of nitrogens with two attached hydrogens (primary N) is 1. The van der Waals surface area contributed by atoms with Crippen molar-refractivity contribution >= 4 is 11.7 Å². The van der Waals surface area contributed by atoms with E-state index < -0.39 is 0 Å². The number of hydrogen-bond donors (Lipinski definition) is 2. The maximum Gasteiger partial charge on any atom is 0.252 e. The molecule has 0 spiro atoms. The van der Waals surface area contributed by atoms with Gasteiger partial charge in [0.25, 0.3) is 5.91 Å². The third kappa shape index (κ3) is 3.42. The van der Waals surface area contributed by atoms with Crippen LogP contribution in [0.15, 0.2) is 18.3 Å². The Kier molecular flexibility index (Phi) is 3.58. The molecular weight excluding hydrogens is 216 g/mol. The topological polar surface area (TPSA) is 71.2 Å². The highest BCUT2D eigenvalue weighted by Gasteiger charge is 2.25. The van der Waals surface area contributed by atoms with Crippen molar-refractivity contribution in [2.45, 2.75) is 18.9 Å². The molecule has 0 saturated heterocycles. The number of amides is 1. The van der Waals surface area contributed by atoms with Gasteiger partial charge in [-0.3, -0.25) is 4.79 Å². The van der Waals surface area contributed by atoms with Gasteiger partial charge in [0.1, 0.15) is 5.82 Å². The molecule has 0 radical (unpaired) electrons. The molecule has 1 aromatic heterocycles. The first-order valence-corrected chi connectivity index (χ1v) is 5.87. The smallest absolute Gasteiger partial charge is 0.252 e. The summed E-state index contributed by atoms with van der Waals surface area (Å²) in [5.41, 5.74) is 6.01. The monoisotopic (exact) mass is 234 g/mol. The van der Waals surface area contributed by atoms with Gasteiger partial charge in [0, 0.05) is 25.3 Å². The number of rotatable bonds is 5. The molecule has 92 valence electrons. The summed E-state index contributed by atoms with van der Waals surface area (Å²) in [6.07, 6.45) is 4.06. The minimum atomic E-state index is -0.0957. The maximum absolute atomic E-state index is 11.7. The first kappa shape index (κ1) is 11.9. The van der Waals surface area contributed by atoms with Crippen LogP contribution >= 0.6 is 0 Å². The molecule has 1 aliphatic rings. The van der Waals surface area contributed by atoms with Crippen LogP contribution in [0, 0.1) is 0 Å². The van der Waals surface area contributed by atoms with Crippen LogP contribution in [-0.4, -0.2) is 42.0 Å². The van der Waals surface area contributed by atoms with E-state index in [1.54, 1.807) is 12.1 Å². The van der Waals surface area contributed by atoms with Gasteiger partial charge in [-0.2, -0.15) is 0 Å². The van der Waals surface area contributed by atoms with Crippen molar-refractivity contribution in [2.24, 2.45) is 0 Å². The lowest BCUT2D eigenvalue weighted by atomic mass is 10.2. The second kappa shape index (κ2) is 5.14. The molecule has 0 aliphatic heterocycles. The van der Waals surface area contributed by atoms with Crippen LogP contribution in [0.5, 0.6) is 0 Å². The molecule has 1 heterocycles. The summed E-state index contributed by atoms with van der Waals surface area (Å²) in [6.45, 7) is 1.55. The van der Waals surface area contributed by atoms with Crippen LogP contribution in [0.1, 0.15) is 23.2 Å². The second-order valence-corrected chi connectivity index (χ2v) is 4.44. The van der Waals surface area contributed by atoms with Crippen molar-refractivity contribution in [3.8, 4) is 0 Å². The van der Waals surface area contributed by atoms with Gasteiger partial charge >= 0.3 is 0 Å². The average molecular weight is 234 g/mol. The summed E-state index contributed by atoms with van der Waals surface area (Å²) in [5, 5.41) is 2.87. The van der Waals surface area contributed by atoms with Crippen LogP contribution in [0.4, 0.5) is 5.82 Å². The minimum absolute atomic E-state index is 0.0957. The van der Waals surface area contributed by atoms with Gasteiger partial charge in [0.15, 0.2) is 0 Å². The average Bonchev–Trinajstić information content (AvgIpc) is 3.13. The van der Waals surface area contributed by atoms with Gasteiger partial charge < -0.3 is 16.0 Å². The molecule has 1 saturated carbocycles. The molecular formula is C12H18N4O. The van der Waals surface area contributed by atoms with Crippen LogP contribution in [-0.2, 0) is 0 Å². The van der Waals surface area contributed by atoms with Crippen LogP contribution in [0.3, 0.4) is 0 Å².